The highest BCUT2D eigenvalue weighted by atomic mass is 32.1. The smallest absolute Gasteiger partial charge is 0.227 e. The third-order valence-corrected chi connectivity index (χ3v) is 5.11. The van der Waals surface area contributed by atoms with Crippen LogP contribution in [0.2, 0.25) is 0 Å². The Labute approximate surface area is 146 Å². The standard InChI is InChI=1S/C20H14N2OS/c1-11-6-8-15-14-4-3-5-16(18(14)23-19(15)21-11)17-9-7-13-10-12(2)24-20(13)22-17/h3-10H,1-2H3/i1D3. The number of hydrogen-bond donors (Lipinski definition) is 0. The summed E-state index contributed by atoms with van der Waals surface area (Å²) in [5.41, 5.74) is 2.73. The number of benzene rings is 1. The molecule has 0 atom stereocenters. The van der Waals surface area contributed by atoms with E-state index in [2.05, 4.69) is 24.0 Å². The van der Waals surface area contributed by atoms with Crippen LogP contribution < -0.4 is 0 Å². The van der Waals surface area contributed by atoms with E-state index < -0.39 is 6.85 Å². The minimum Gasteiger partial charge on any atom is -0.437 e. The predicted octanol–water partition coefficient (Wildman–Crippen LogP) is 5.87. The van der Waals surface area contributed by atoms with Crippen LogP contribution in [0.4, 0.5) is 0 Å². The molecule has 0 aliphatic heterocycles. The number of aryl methyl sites for hydroxylation is 2. The van der Waals surface area contributed by atoms with Gasteiger partial charge in [0.1, 0.15) is 10.4 Å². The first-order valence-corrected chi connectivity index (χ1v) is 8.42. The zero-order valence-electron chi connectivity index (χ0n) is 15.8. The lowest BCUT2D eigenvalue weighted by molar-refractivity contribution is 0.653. The van der Waals surface area contributed by atoms with Gasteiger partial charge < -0.3 is 4.42 Å². The van der Waals surface area contributed by atoms with Gasteiger partial charge in [-0.3, -0.25) is 0 Å². The fourth-order valence-electron chi connectivity index (χ4n) is 3.07. The van der Waals surface area contributed by atoms with Crippen molar-refractivity contribution in [2.45, 2.75) is 13.8 Å². The van der Waals surface area contributed by atoms with Crippen LogP contribution in [0, 0.1) is 13.8 Å². The summed E-state index contributed by atoms with van der Waals surface area (Å²) in [4.78, 5) is 11.2. The van der Waals surface area contributed by atoms with E-state index in [0.29, 0.717) is 11.3 Å². The van der Waals surface area contributed by atoms with Crippen molar-refractivity contribution in [3.63, 3.8) is 0 Å². The molecular weight excluding hydrogens is 316 g/mol. The maximum absolute atomic E-state index is 7.56. The Bertz CT molecular complexity index is 1330. The molecule has 5 rings (SSSR count). The number of para-hydroxylation sites is 1. The summed E-state index contributed by atoms with van der Waals surface area (Å²) in [5.74, 6) is 0. The van der Waals surface area contributed by atoms with Crippen LogP contribution in [0.15, 0.2) is 52.9 Å². The van der Waals surface area contributed by atoms with E-state index in [1.807, 2.05) is 24.3 Å². The summed E-state index contributed by atoms with van der Waals surface area (Å²) in [6, 6.07) is 15.3. The molecule has 4 heterocycles. The summed E-state index contributed by atoms with van der Waals surface area (Å²) in [6.45, 7) is -0.195. The zero-order valence-corrected chi connectivity index (χ0v) is 13.6. The first kappa shape index (κ1) is 10.9. The van der Waals surface area contributed by atoms with Crippen molar-refractivity contribution in [3.05, 3.63) is 59.1 Å². The van der Waals surface area contributed by atoms with E-state index in [4.69, 9.17) is 13.5 Å². The average molecular weight is 333 g/mol. The normalized spacial score (nSPS) is 14.1. The highest BCUT2D eigenvalue weighted by Crippen LogP contribution is 2.35. The van der Waals surface area contributed by atoms with Gasteiger partial charge in [-0.2, -0.15) is 0 Å². The quantitative estimate of drug-likeness (QED) is 0.385. The zero-order chi connectivity index (χ0) is 18.8. The third kappa shape index (κ3) is 1.96. The Morgan fingerprint density at radius 2 is 2.00 bits per heavy atom. The SMILES string of the molecule is [2H]C([2H])([2H])c1ccc2c(n1)oc1c(-c3ccc4cc(C)sc4n3)cccc12. The van der Waals surface area contributed by atoms with E-state index in [9.17, 15) is 0 Å². The molecule has 0 amide bonds. The molecule has 0 saturated heterocycles. The number of hydrogen-bond acceptors (Lipinski definition) is 4. The Hall–Kier alpha value is -2.72. The lowest BCUT2D eigenvalue weighted by Gasteiger charge is -2.02. The molecule has 4 heteroatoms. The van der Waals surface area contributed by atoms with E-state index in [-0.39, 0.29) is 5.69 Å². The molecule has 116 valence electrons. The Morgan fingerprint density at radius 3 is 2.92 bits per heavy atom. The molecule has 0 N–H and O–H groups in total. The third-order valence-electron chi connectivity index (χ3n) is 4.15. The Kier molecular flexibility index (Phi) is 2.23. The van der Waals surface area contributed by atoms with Gasteiger partial charge in [0.15, 0.2) is 0 Å². The minimum atomic E-state index is -2.26. The van der Waals surface area contributed by atoms with Gasteiger partial charge in [-0.1, -0.05) is 12.1 Å². The fourth-order valence-corrected chi connectivity index (χ4v) is 3.95. The number of pyridine rings is 2. The molecule has 0 unspecified atom stereocenters. The summed E-state index contributed by atoms with van der Waals surface area (Å²) < 4.78 is 28.7. The molecule has 0 fully saturated rings. The molecule has 0 aliphatic rings. The van der Waals surface area contributed by atoms with Crippen molar-refractivity contribution in [1.29, 1.82) is 0 Å². The number of thiophene rings is 1. The molecule has 0 aliphatic carbocycles. The topological polar surface area (TPSA) is 38.9 Å². The molecule has 3 nitrogen and oxygen atoms in total. The molecule has 0 spiro atoms. The summed E-state index contributed by atoms with van der Waals surface area (Å²) in [7, 11) is 0. The summed E-state index contributed by atoms with van der Waals surface area (Å²) in [6.07, 6.45) is 0. The number of furan rings is 1. The lowest BCUT2D eigenvalue weighted by atomic mass is 10.1. The largest absolute Gasteiger partial charge is 0.437 e. The fraction of sp³-hybridized carbons (Fsp3) is 0.100. The van der Waals surface area contributed by atoms with Crippen molar-refractivity contribution in [2.24, 2.45) is 0 Å². The van der Waals surface area contributed by atoms with Gasteiger partial charge in [-0.15, -0.1) is 11.3 Å². The van der Waals surface area contributed by atoms with Crippen molar-refractivity contribution >= 4 is 43.6 Å². The molecule has 4 aromatic heterocycles. The summed E-state index contributed by atoms with van der Waals surface area (Å²) in [5, 5.41) is 2.83. The lowest BCUT2D eigenvalue weighted by Crippen LogP contribution is -1.83. The van der Waals surface area contributed by atoms with Crippen LogP contribution in [0.3, 0.4) is 0 Å². The summed E-state index contributed by atoms with van der Waals surface area (Å²) >= 11 is 1.66. The highest BCUT2D eigenvalue weighted by Gasteiger charge is 2.14. The number of aromatic nitrogens is 2. The van der Waals surface area contributed by atoms with Crippen molar-refractivity contribution in [1.82, 2.24) is 9.97 Å². The van der Waals surface area contributed by atoms with Gasteiger partial charge in [-0.05, 0) is 50.2 Å². The van der Waals surface area contributed by atoms with Crippen LogP contribution in [0.5, 0.6) is 0 Å². The monoisotopic (exact) mass is 333 g/mol. The first-order valence-electron chi connectivity index (χ1n) is 9.10. The van der Waals surface area contributed by atoms with Crippen LogP contribution in [0.25, 0.3) is 43.5 Å². The van der Waals surface area contributed by atoms with Gasteiger partial charge >= 0.3 is 0 Å². The molecular formula is C20H14N2OS. The molecule has 5 aromatic rings. The van der Waals surface area contributed by atoms with Crippen molar-refractivity contribution in [2.75, 3.05) is 0 Å². The van der Waals surface area contributed by atoms with Gasteiger partial charge in [0.2, 0.25) is 5.71 Å². The van der Waals surface area contributed by atoms with Crippen LogP contribution in [-0.2, 0) is 0 Å². The van der Waals surface area contributed by atoms with E-state index >= 15 is 0 Å². The Balaban J connectivity index is 1.76. The highest BCUT2D eigenvalue weighted by molar-refractivity contribution is 7.18. The number of fused-ring (bicyclic) bond motifs is 4. The van der Waals surface area contributed by atoms with Crippen LogP contribution in [-0.4, -0.2) is 9.97 Å². The van der Waals surface area contributed by atoms with E-state index in [1.54, 1.807) is 17.4 Å². The van der Waals surface area contributed by atoms with Gasteiger partial charge in [-0.25, -0.2) is 9.97 Å². The maximum Gasteiger partial charge on any atom is 0.227 e. The predicted molar refractivity (Wildman–Crippen MR) is 99.6 cm³/mol. The molecule has 1 aromatic carbocycles. The minimum absolute atomic E-state index is 0.0317. The molecule has 24 heavy (non-hydrogen) atoms. The second-order valence-corrected chi connectivity index (χ2v) is 7.02. The number of nitrogens with zero attached hydrogens (tertiary/aromatic N) is 2. The van der Waals surface area contributed by atoms with Crippen LogP contribution in [0.1, 0.15) is 14.7 Å². The second kappa shape index (κ2) is 4.89. The van der Waals surface area contributed by atoms with E-state index in [1.165, 1.54) is 10.9 Å². The van der Waals surface area contributed by atoms with Crippen molar-refractivity contribution in [3.8, 4) is 11.3 Å². The van der Waals surface area contributed by atoms with Crippen LogP contribution >= 0.6 is 11.3 Å². The Morgan fingerprint density at radius 1 is 1.04 bits per heavy atom. The van der Waals surface area contributed by atoms with Gasteiger partial charge in [0.25, 0.3) is 0 Å². The maximum atomic E-state index is 7.56. The van der Waals surface area contributed by atoms with Gasteiger partial charge in [0, 0.05) is 36.4 Å². The van der Waals surface area contributed by atoms with Gasteiger partial charge in [0.05, 0.1) is 5.69 Å². The van der Waals surface area contributed by atoms with Crippen molar-refractivity contribution < 1.29 is 8.53 Å². The first-order chi connectivity index (χ1) is 12.9. The second-order valence-electron chi connectivity index (χ2n) is 5.78. The molecule has 0 bridgehead atoms. The molecule has 0 saturated carbocycles. The average Bonchev–Trinajstić information content (AvgIpc) is 3.18. The number of rotatable bonds is 1. The van der Waals surface area contributed by atoms with E-state index in [0.717, 1.165) is 32.2 Å². The molecule has 0 radical (unpaired) electrons.